The van der Waals surface area contributed by atoms with Gasteiger partial charge in [0, 0.05) is 5.41 Å². The van der Waals surface area contributed by atoms with Crippen LogP contribution in [0.3, 0.4) is 0 Å². The third-order valence-corrected chi connectivity index (χ3v) is 5.89. The summed E-state index contributed by atoms with van der Waals surface area (Å²) in [5, 5.41) is 2.79. The Hall–Kier alpha value is -2.86. The Bertz CT molecular complexity index is 1120. The highest BCUT2D eigenvalue weighted by Crippen LogP contribution is 2.54. The van der Waals surface area contributed by atoms with E-state index in [0.29, 0.717) is 0 Å². The lowest BCUT2D eigenvalue weighted by Crippen LogP contribution is -2.35. The SMILES string of the molecule is C1=CC2=Cc3cccc4ccc5c(c34)C2(C=C1)Cc1ccccc1-5. The van der Waals surface area contributed by atoms with E-state index in [9.17, 15) is 0 Å². The Morgan fingerprint density at radius 1 is 0.792 bits per heavy atom. The van der Waals surface area contributed by atoms with Crippen LogP contribution in [-0.2, 0) is 11.8 Å². The van der Waals surface area contributed by atoms with E-state index < -0.39 is 0 Å². The van der Waals surface area contributed by atoms with Crippen molar-refractivity contribution in [3.8, 4) is 11.1 Å². The zero-order chi connectivity index (χ0) is 15.7. The average molecular weight is 304 g/mol. The summed E-state index contributed by atoms with van der Waals surface area (Å²) >= 11 is 0. The number of rotatable bonds is 0. The minimum Gasteiger partial charge on any atom is -0.0692 e. The quantitative estimate of drug-likeness (QED) is 0.490. The monoisotopic (exact) mass is 304 g/mol. The van der Waals surface area contributed by atoms with Crippen molar-refractivity contribution in [2.75, 3.05) is 0 Å². The summed E-state index contributed by atoms with van der Waals surface area (Å²) in [6, 6.07) is 20.2. The Morgan fingerprint density at radius 2 is 1.75 bits per heavy atom. The zero-order valence-corrected chi connectivity index (χ0v) is 13.3. The van der Waals surface area contributed by atoms with E-state index in [1.807, 2.05) is 0 Å². The maximum absolute atomic E-state index is 2.42. The molecule has 1 unspecified atom stereocenters. The first-order valence-corrected chi connectivity index (χ1v) is 8.59. The predicted octanol–water partition coefficient (Wildman–Crippen LogP) is 5.82. The van der Waals surface area contributed by atoms with Gasteiger partial charge in [-0.25, -0.2) is 0 Å². The van der Waals surface area contributed by atoms with Gasteiger partial charge in [-0.15, -0.1) is 0 Å². The van der Waals surface area contributed by atoms with Crippen molar-refractivity contribution in [2.45, 2.75) is 11.8 Å². The van der Waals surface area contributed by atoms with Gasteiger partial charge in [-0.2, -0.15) is 0 Å². The molecule has 0 heteroatoms. The minimum atomic E-state index is -0.00764. The Balaban J connectivity index is 1.87. The summed E-state index contributed by atoms with van der Waals surface area (Å²) in [7, 11) is 0. The van der Waals surface area contributed by atoms with Gasteiger partial charge in [0.15, 0.2) is 0 Å². The molecule has 3 aromatic rings. The van der Waals surface area contributed by atoms with Crippen molar-refractivity contribution in [2.24, 2.45) is 0 Å². The molecule has 0 aromatic heterocycles. The molecule has 0 saturated heterocycles. The van der Waals surface area contributed by atoms with Gasteiger partial charge in [-0.1, -0.05) is 78.9 Å². The molecule has 1 atom stereocenters. The summed E-state index contributed by atoms with van der Waals surface area (Å²) in [6.07, 6.45) is 12.6. The zero-order valence-electron chi connectivity index (χ0n) is 13.3. The highest BCUT2D eigenvalue weighted by atomic mass is 14.4. The fraction of sp³-hybridized carbons (Fsp3) is 0.0833. The van der Waals surface area contributed by atoms with E-state index in [1.165, 1.54) is 44.2 Å². The van der Waals surface area contributed by atoms with Crippen molar-refractivity contribution in [3.63, 3.8) is 0 Å². The number of hydrogen-bond acceptors (Lipinski definition) is 0. The summed E-state index contributed by atoms with van der Waals surface area (Å²) in [5.74, 6) is 0. The molecule has 0 amide bonds. The second-order valence-corrected chi connectivity index (χ2v) is 7.06. The van der Waals surface area contributed by atoms with Crippen molar-refractivity contribution in [1.29, 1.82) is 0 Å². The Morgan fingerprint density at radius 3 is 2.75 bits per heavy atom. The van der Waals surface area contributed by atoms with E-state index >= 15 is 0 Å². The minimum absolute atomic E-state index is 0.00764. The first-order valence-electron chi connectivity index (χ1n) is 8.59. The van der Waals surface area contributed by atoms with Crippen LogP contribution >= 0.6 is 0 Å². The maximum atomic E-state index is 2.42. The largest absolute Gasteiger partial charge is 0.0692 e. The van der Waals surface area contributed by atoms with Crippen LogP contribution in [-0.4, -0.2) is 0 Å². The summed E-state index contributed by atoms with van der Waals surface area (Å²) in [4.78, 5) is 0. The summed E-state index contributed by atoms with van der Waals surface area (Å²) in [5.41, 5.74) is 8.54. The van der Waals surface area contributed by atoms with Crippen LogP contribution < -0.4 is 0 Å². The first-order chi connectivity index (χ1) is 11.9. The van der Waals surface area contributed by atoms with Crippen LogP contribution in [0.25, 0.3) is 28.0 Å². The highest BCUT2D eigenvalue weighted by molar-refractivity contribution is 6.03. The molecule has 0 saturated carbocycles. The molecular formula is C24H16. The molecule has 3 aliphatic carbocycles. The van der Waals surface area contributed by atoms with Crippen LogP contribution in [0.1, 0.15) is 16.7 Å². The van der Waals surface area contributed by atoms with Crippen LogP contribution in [0.5, 0.6) is 0 Å². The van der Waals surface area contributed by atoms with Crippen molar-refractivity contribution in [1.82, 2.24) is 0 Å². The smallest absolute Gasteiger partial charge is 0.0438 e. The molecule has 0 heterocycles. The summed E-state index contributed by atoms with van der Waals surface area (Å²) < 4.78 is 0. The molecule has 0 nitrogen and oxygen atoms in total. The first kappa shape index (κ1) is 12.5. The number of hydrogen-bond donors (Lipinski definition) is 0. The molecular weight excluding hydrogens is 288 g/mol. The Kier molecular flexibility index (Phi) is 2.17. The third kappa shape index (κ3) is 1.36. The van der Waals surface area contributed by atoms with Crippen molar-refractivity contribution >= 4 is 16.8 Å². The average Bonchev–Trinajstić information content (AvgIpc) is 2.64. The fourth-order valence-electron chi connectivity index (χ4n) is 4.90. The molecule has 24 heavy (non-hydrogen) atoms. The third-order valence-electron chi connectivity index (χ3n) is 5.89. The van der Waals surface area contributed by atoms with Gasteiger partial charge in [0.2, 0.25) is 0 Å². The van der Waals surface area contributed by atoms with Gasteiger partial charge >= 0.3 is 0 Å². The standard InChI is InChI=1S/C24H16/c1-2-10-20-18(6-1)15-24-13-4-3-9-19(24)14-17-8-5-7-16-11-12-21(20)23(24)22(16)17/h1-14H,15H2. The van der Waals surface area contributed by atoms with Crippen LogP contribution in [0.4, 0.5) is 0 Å². The molecule has 0 N–H and O–H groups in total. The van der Waals surface area contributed by atoms with Gasteiger partial charge in [0.1, 0.15) is 0 Å². The molecule has 1 spiro atoms. The molecule has 0 radical (unpaired) electrons. The normalized spacial score (nSPS) is 22.1. The van der Waals surface area contributed by atoms with Crippen LogP contribution in [0.2, 0.25) is 0 Å². The van der Waals surface area contributed by atoms with E-state index in [-0.39, 0.29) is 5.41 Å². The second kappa shape index (κ2) is 4.15. The lowest BCUT2D eigenvalue weighted by atomic mass is 9.59. The predicted molar refractivity (Wildman–Crippen MR) is 101 cm³/mol. The fourth-order valence-corrected chi connectivity index (χ4v) is 4.90. The van der Waals surface area contributed by atoms with Gasteiger partial charge in [-0.3, -0.25) is 0 Å². The van der Waals surface area contributed by atoms with Gasteiger partial charge < -0.3 is 0 Å². The van der Waals surface area contributed by atoms with E-state index in [4.69, 9.17) is 0 Å². The number of benzene rings is 3. The topological polar surface area (TPSA) is 0 Å². The van der Waals surface area contributed by atoms with Gasteiger partial charge in [-0.05, 0) is 56.7 Å². The molecule has 0 bridgehead atoms. The highest BCUT2D eigenvalue weighted by Gasteiger charge is 2.43. The second-order valence-electron chi connectivity index (χ2n) is 7.06. The van der Waals surface area contributed by atoms with Gasteiger partial charge in [0.05, 0.1) is 0 Å². The summed E-state index contributed by atoms with van der Waals surface area (Å²) in [6.45, 7) is 0. The van der Waals surface area contributed by atoms with Crippen LogP contribution in [0, 0.1) is 0 Å². The lowest BCUT2D eigenvalue weighted by Gasteiger charge is -2.43. The lowest BCUT2D eigenvalue weighted by molar-refractivity contribution is 0.632. The molecule has 112 valence electrons. The molecule has 0 fully saturated rings. The Labute approximate surface area is 141 Å². The van der Waals surface area contributed by atoms with Crippen molar-refractivity contribution < 1.29 is 0 Å². The van der Waals surface area contributed by atoms with Gasteiger partial charge in [0.25, 0.3) is 0 Å². The van der Waals surface area contributed by atoms with Crippen LogP contribution in [0.15, 0.2) is 84.5 Å². The van der Waals surface area contributed by atoms with Crippen molar-refractivity contribution in [3.05, 3.63) is 101 Å². The molecule has 3 aliphatic rings. The number of fused-ring (bicyclic) bond motifs is 2. The number of allylic oxidation sites excluding steroid dienone is 5. The van der Waals surface area contributed by atoms with E-state index in [2.05, 4.69) is 85.0 Å². The van der Waals surface area contributed by atoms with E-state index in [0.717, 1.165) is 6.42 Å². The molecule has 6 rings (SSSR count). The van der Waals surface area contributed by atoms with E-state index in [1.54, 1.807) is 0 Å². The maximum Gasteiger partial charge on any atom is 0.0438 e. The molecule has 3 aromatic carbocycles. The molecule has 0 aliphatic heterocycles.